The van der Waals surface area contributed by atoms with Crippen LogP contribution in [0.15, 0.2) is 66.7 Å². The highest BCUT2D eigenvalue weighted by atomic mass is 19.1. The monoisotopic (exact) mass is 391 g/mol. The maximum atomic E-state index is 14.0. The molecule has 146 valence electrons. The highest BCUT2D eigenvalue weighted by Gasteiger charge is 2.19. The van der Waals surface area contributed by atoms with Gasteiger partial charge in [0.15, 0.2) is 0 Å². The number of carboxylic acid groups (broad SMARTS) is 1. The summed E-state index contributed by atoms with van der Waals surface area (Å²) in [5.41, 5.74) is 3.27. The molecule has 4 aromatic rings. The number of halogens is 2. The molecule has 0 aliphatic carbocycles. The van der Waals surface area contributed by atoms with Gasteiger partial charge in [0.25, 0.3) is 0 Å². The molecule has 0 atom stereocenters. The normalized spacial score (nSPS) is 10.6. The van der Waals surface area contributed by atoms with Crippen molar-refractivity contribution in [1.29, 1.82) is 0 Å². The van der Waals surface area contributed by atoms with Crippen LogP contribution >= 0.6 is 0 Å². The highest BCUT2D eigenvalue weighted by molar-refractivity contribution is 6.05. The third-order valence-corrected chi connectivity index (χ3v) is 4.75. The lowest BCUT2D eigenvalue weighted by Gasteiger charge is -2.13. The Labute approximate surface area is 167 Å². The van der Waals surface area contributed by atoms with E-state index in [0.717, 1.165) is 0 Å². The van der Waals surface area contributed by atoms with Gasteiger partial charge in [0.05, 0.1) is 16.8 Å². The second-order valence-corrected chi connectivity index (χ2v) is 6.48. The van der Waals surface area contributed by atoms with Crippen LogP contribution in [0, 0.1) is 18.6 Å². The fraction of sp³-hybridized carbons (Fsp3) is 0.0833. The molecule has 0 bridgehead atoms. The lowest BCUT2D eigenvalue weighted by molar-refractivity contribution is 0.0698. The highest BCUT2D eigenvalue weighted by Crippen LogP contribution is 2.32. The predicted molar refractivity (Wildman–Crippen MR) is 111 cm³/mol. The molecule has 0 aliphatic heterocycles. The number of fused-ring (bicyclic) bond motifs is 1. The fourth-order valence-electron chi connectivity index (χ4n) is 3.39. The topological polar surface area (TPSA) is 50.2 Å². The maximum absolute atomic E-state index is 14.0. The minimum atomic E-state index is -1.14. The number of benzene rings is 3. The van der Waals surface area contributed by atoms with Gasteiger partial charge in [-0.15, -0.1) is 0 Å². The van der Waals surface area contributed by atoms with Crippen molar-refractivity contribution in [3.63, 3.8) is 0 Å². The number of carbonyl (C=O) groups is 1. The summed E-state index contributed by atoms with van der Waals surface area (Å²) in [6.07, 6.45) is 0. The van der Waals surface area contributed by atoms with Gasteiger partial charge in [0.1, 0.15) is 11.6 Å². The van der Waals surface area contributed by atoms with Gasteiger partial charge in [-0.25, -0.2) is 18.6 Å². The molecule has 0 saturated heterocycles. The molecule has 3 aromatic carbocycles. The summed E-state index contributed by atoms with van der Waals surface area (Å²) in [5.74, 6) is -1.97. The molecule has 1 N–H and O–H groups in total. The van der Waals surface area contributed by atoms with Crippen molar-refractivity contribution in [2.75, 3.05) is 0 Å². The molecule has 0 aliphatic rings. The number of rotatable bonds is 3. The second kappa shape index (κ2) is 7.80. The molecule has 3 nitrogen and oxygen atoms in total. The van der Waals surface area contributed by atoms with Crippen molar-refractivity contribution in [2.45, 2.75) is 14.4 Å². The maximum Gasteiger partial charge on any atom is 0.336 e. The Balaban J connectivity index is 0.00000240. The largest absolute Gasteiger partial charge is 0.478 e. The molecular weight excluding hydrogens is 372 g/mol. The van der Waals surface area contributed by atoms with Crippen LogP contribution in [0.5, 0.6) is 0 Å². The fourth-order valence-corrected chi connectivity index (χ4v) is 3.39. The lowest BCUT2D eigenvalue weighted by Crippen LogP contribution is -2.05. The van der Waals surface area contributed by atoms with Gasteiger partial charge in [-0.05, 0) is 42.3 Å². The van der Waals surface area contributed by atoms with Gasteiger partial charge >= 0.3 is 5.97 Å². The number of hydrogen-bond acceptors (Lipinski definition) is 2. The first kappa shape index (κ1) is 20.1. The summed E-state index contributed by atoms with van der Waals surface area (Å²) in [4.78, 5) is 16.4. The minimum absolute atomic E-state index is 0. The van der Waals surface area contributed by atoms with Crippen molar-refractivity contribution >= 4 is 16.9 Å². The SMILES string of the molecule is C.Cc1c(-c2ccc(-c3ccccc3F)cc2)nc2ccc(F)cc2c1C(=O)O. The number of hydrogen-bond donors (Lipinski definition) is 1. The first-order valence-corrected chi connectivity index (χ1v) is 8.64. The van der Waals surface area contributed by atoms with E-state index in [2.05, 4.69) is 4.98 Å². The van der Waals surface area contributed by atoms with E-state index in [9.17, 15) is 18.7 Å². The molecule has 0 saturated carbocycles. The van der Waals surface area contributed by atoms with E-state index in [1.807, 2.05) is 0 Å². The van der Waals surface area contributed by atoms with Crippen LogP contribution in [-0.2, 0) is 0 Å². The molecule has 0 fully saturated rings. The summed E-state index contributed by atoms with van der Waals surface area (Å²) in [6.45, 7) is 1.65. The van der Waals surface area contributed by atoms with Gasteiger partial charge < -0.3 is 5.11 Å². The molecule has 0 radical (unpaired) electrons. The van der Waals surface area contributed by atoms with Crippen LogP contribution in [0.1, 0.15) is 23.3 Å². The smallest absolute Gasteiger partial charge is 0.336 e. The Morgan fingerprint density at radius 3 is 2.24 bits per heavy atom. The van der Waals surface area contributed by atoms with Crippen LogP contribution in [0.3, 0.4) is 0 Å². The summed E-state index contributed by atoms with van der Waals surface area (Å²) in [7, 11) is 0. The van der Waals surface area contributed by atoms with E-state index in [1.165, 1.54) is 24.3 Å². The number of aromatic nitrogens is 1. The van der Waals surface area contributed by atoms with E-state index in [1.54, 1.807) is 49.4 Å². The van der Waals surface area contributed by atoms with Gasteiger partial charge in [-0.3, -0.25) is 0 Å². The van der Waals surface area contributed by atoms with Gasteiger partial charge in [0, 0.05) is 16.5 Å². The van der Waals surface area contributed by atoms with Crippen molar-refractivity contribution in [2.24, 2.45) is 0 Å². The standard InChI is InChI=1S/C23H15F2NO2.CH4/c1-13-21(23(27)28)18-12-16(24)10-11-20(18)26-22(13)15-8-6-14(7-9-15)17-4-2-3-5-19(17)25;/h2-12H,1H3,(H,27,28);1H4. The van der Waals surface area contributed by atoms with Crippen LogP contribution in [0.2, 0.25) is 0 Å². The van der Waals surface area contributed by atoms with Gasteiger partial charge in [-0.1, -0.05) is 49.9 Å². The third kappa shape index (κ3) is 3.59. The summed E-state index contributed by atoms with van der Waals surface area (Å²) in [6, 6.07) is 17.5. The van der Waals surface area contributed by atoms with Crippen molar-refractivity contribution in [3.05, 3.63) is 89.5 Å². The zero-order valence-electron chi connectivity index (χ0n) is 14.9. The molecule has 1 aromatic heterocycles. The van der Waals surface area contributed by atoms with Gasteiger partial charge in [-0.2, -0.15) is 0 Å². The summed E-state index contributed by atoms with van der Waals surface area (Å²) >= 11 is 0. The molecule has 0 unspecified atom stereocenters. The Hall–Kier alpha value is -3.60. The first-order valence-electron chi connectivity index (χ1n) is 8.64. The Kier molecular flexibility index (Phi) is 5.41. The predicted octanol–water partition coefficient (Wildman–Crippen LogP) is 6.49. The van der Waals surface area contributed by atoms with E-state index in [0.29, 0.717) is 33.5 Å². The van der Waals surface area contributed by atoms with Crippen LogP contribution in [0.25, 0.3) is 33.3 Å². The van der Waals surface area contributed by atoms with E-state index < -0.39 is 11.8 Å². The van der Waals surface area contributed by atoms with E-state index in [-0.39, 0.29) is 24.2 Å². The molecule has 0 amide bonds. The number of nitrogens with zero attached hydrogens (tertiary/aromatic N) is 1. The van der Waals surface area contributed by atoms with E-state index >= 15 is 0 Å². The molecule has 0 spiro atoms. The Morgan fingerprint density at radius 2 is 1.59 bits per heavy atom. The third-order valence-electron chi connectivity index (χ3n) is 4.75. The molecule has 5 heteroatoms. The summed E-state index contributed by atoms with van der Waals surface area (Å²) in [5, 5.41) is 9.92. The Morgan fingerprint density at radius 1 is 0.931 bits per heavy atom. The van der Waals surface area contributed by atoms with Crippen molar-refractivity contribution in [1.82, 2.24) is 4.98 Å². The zero-order chi connectivity index (χ0) is 19.8. The van der Waals surface area contributed by atoms with Crippen molar-refractivity contribution in [3.8, 4) is 22.4 Å². The molecule has 1 heterocycles. The average Bonchev–Trinajstić information content (AvgIpc) is 2.68. The molecular formula is C24H19F2NO2. The van der Waals surface area contributed by atoms with Gasteiger partial charge in [0.2, 0.25) is 0 Å². The zero-order valence-corrected chi connectivity index (χ0v) is 14.9. The molecule has 29 heavy (non-hydrogen) atoms. The number of carboxylic acids is 1. The average molecular weight is 391 g/mol. The summed E-state index contributed by atoms with van der Waals surface area (Å²) < 4.78 is 27.6. The van der Waals surface area contributed by atoms with Crippen LogP contribution in [0.4, 0.5) is 8.78 Å². The lowest BCUT2D eigenvalue weighted by atomic mass is 9.96. The first-order chi connectivity index (χ1) is 13.5. The van der Waals surface area contributed by atoms with Crippen LogP contribution in [-0.4, -0.2) is 16.1 Å². The minimum Gasteiger partial charge on any atom is -0.478 e. The Bertz CT molecular complexity index is 1220. The number of aromatic carboxylic acids is 1. The van der Waals surface area contributed by atoms with Crippen molar-refractivity contribution < 1.29 is 18.7 Å². The van der Waals surface area contributed by atoms with E-state index in [4.69, 9.17) is 0 Å². The molecule has 4 rings (SSSR count). The number of pyridine rings is 1. The van der Waals surface area contributed by atoms with Crippen LogP contribution < -0.4 is 0 Å². The quantitative estimate of drug-likeness (QED) is 0.434. The second-order valence-electron chi connectivity index (χ2n) is 6.48.